The molecule has 3 aliphatic rings. The van der Waals surface area contributed by atoms with Crippen molar-refractivity contribution in [2.75, 3.05) is 44.3 Å². The minimum Gasteiger partial charge on any atom is -0.381 e. The molecule has 2 N–H and O–H groups in total. The van der Waals surface area contributed by atoms with Gasteiger partial charge in [0.2, 0.25) is 0 Å². The molecule has 0 radical (unpaired) electrons. The van der Waals surface area contributed by atoms with Gasteiger partial charge < -0.3 is 20.3 Å². The van der Waals surface area contributed by atoms with Crippen LogP contribution in [0.5, 0.6) is 0 Å². The molecule has 0 spiro atoms. The van der Waals surface area contributed by atoms with E-state index >= 15 is 0 Å². The maximum atomic E-state index is 14.0. The average Bonchev–Trinajstić information content (AvgIpc) is 3.35. The van der Waals surface area contributed by atoms with E-state index in [1.165, 1.54) is 5.69 Å². The number of ether oxygens (including phenoxy) is 1. The van der Waals surface area contributed by atoms with Crippen LogP contribution >= 0.6 is 0 Å². The fourth-order valence-electron chi connectivity index (χ4n) is 6.12. The first-order valence-corrected chi connectivity index (χ1v) is 14.4. The third-order valence-corrected chi connectivity index (χ3v) is 8.24. The highest BCUT2D eigenvalue weighted by Crippen LogP contribution is 2.27. The van der Waals surface area contributed by atoms with Gasteiger partial charge in [-0.1, -0.05) is 18.2 Å². The number of anilines is 1. The lowest BCUT2D eigenvalue weighted by atomic mass is 9.89. The molecule has 0 aliphatic carbocycles. The summed E-state index contributed by atoms with van der Waals surface area (Å²) in [7, 11) is 0. The lowest BCUT2D eigenvalue weighted by Crippen LogP contribution is -2.43. The van der Waals surface area contributed by atoms with E-state index in [1.54, 1.807) is 12.1 Å². The standard InChI is InChI=1S/C33H37FN4O2/c1-22-14-25(18-28(34)15-22)16-24-2-3-26-21-36-32(31(26)19-24)37-33(39)30-5-4-29(38-10-8-35-9-11-38)20-27(30)17-23-6-12-40-13-7-23/h2-5,14-15,18-20,23,35H,6-13,16-17,21H2,1H3,(H,36,37,39). The predicted molar refractivity (Wildman–Crippen MR) is 157 cm³/mol. The van der Waals surface area contributed by atoms with E-state index in [-0.39, 0.29) is 11.7 Å². The first-order chi connectivity index (χ1) is 19.5. The zero-order chi connectivity index (χ0) is 27.5. The third kappa shape index (κ3) is 6.11. The Balaban J connectivity index is 1.22. The van der Waals surface area contributed by atoms with Gasteiger partial charge in [0.25, 0.3) is 5.91 Å². The van der Waals surface area contributed by atoms with Crippen molar-refractivity contribution in [2.45, 2.75) is 39.2 Å². The summed E-state index contributed by atoms with van der Waals surface area (Å²) in [6.45, 7) is 7.89. The number of nitrogens with one attached hydrogen (secondary N) is 2. The molecular weight excluding hydrogens is 503 g/mol. The number of amides is 1. The van der Waals surface area contributed by atoms with Gasteiger partial charge >= 0.3 is 0 Å². The monoisotopic (exact) mass is 540 g/mol. The molecule has 6 nitrogen and oxygen atoms in total. The van der Waals surface area contributed by atoms with Crippen LogP contribution in [0.1, 0.15) is 56.6 Å². The summed E-state index contributed by atoms with van der Waals surface area (Å²) in [4.78, 5) is 20.8. The minimum atomic E-state index is -0.217. The summed E-state index contributed by atoms with van der Waals surface area (Å²) < 4.78 is 19.5. The lowest BCUT2D eigenvalue weighted by molar-refractivity contribution is 0.0664. The molecule has 3 aromatic carbocycles. The highest BCUT2D eigenvalue weighted by atomic mass is 19.1. The first kappa shape index (κ1) is 26.7. The summed E-state index contributed by atoms with van der Waals surface area (Å²) in [5.41, 5.74) is 7.93. The number of amidine groups is 1. The molecule has 1 amide bonds. The molecule has 3 aromatic rings. The van der Waals surface area contributed by atoms with Crippen molar-refractivity contribution in [3.05, 3.63) is 99.4 Å². The Labute approximate surface area is 235 Å². The molecule has 0 aromatic heterocycles. The number of rotatable bonds is 6. The van der Waals surface area contributed by atoms with Crippen LogP contribution in [0.4, 0.5) is 10.1 Å². The van der Waals surface area contributed by atoms with E-state index in [0.29, 0.717) is 30.3 Å². The zero-order valence-electron chi connectivity index (χ0n) is 23.1. The highest BCUT2D eigenvalue weighted by molar-refractivity contribution is 6.14. The number of fused-ring (bicyclic) bond motifs is 1. The fourth-order valence-corrected chi connectivity index (χ4v) is 6.12. The van der Waals surface area contributed by atoms with Crippen molar-refractivity contribution >= 4 is 17.4 Å². The molecule has 0 saturated carbocycles. The first-order valence-electron chi connectivity index (χ1n) is 14.4. The molecule has 0 bridgehead atoms. The maximum Gasteiger partial charge on any atom is 0.257 e. The van der Waals surface area contributed by atoms with Crippen molar-refractivity contribution in [2.24, 2.45) is 10.9 Å². The van der Waals surface area contributed by atoms with Gasteiger partial charge in [-0.2, -0.15) is 0 Å². The molecule has 40 heavy (non-hydrogen) atoms. The topological polar surface area (TPSA) is 66.0 Å². The predicted octanol–water partition coefficient (Wildman–Crippen LogP) is 4.79. The number of hydrogen-bond donors (Lipinski definition) is 2. The summed E-state index contributed by atoms with van der Waals surface area (Å²) in [5.74, 6) is 0.787. The van der Waals surface area contributed by atoms with Gasteiger partial charge in [-0.3, -0.25) is 9.79 Å². The van der Waals surface area contributed by atoms with Crippen molar-refractivity contribution < 1.29 is 13.9 Å². The second kappa shape index (κ2) is 11.9. The van der Waals surface area contributed by atoms with Crippen molar-refractivity contribution in [3.63, 3.8) is 0 Å². The fraction of sp³-hybridized carbons (Fsp3) is 0.394. The molecule has 0 atom stereocenters. The second-order valence-corrected chi connectivity index (χ2v) is 11.3. The van der Waals surface area contributed by atoms with E-state index in [4.69, 9.17) is 4.74 Å². The normalized spacial score (nSPS) is 17.4. The number of aryl methyl sites for hydroxylation is 1. The smallest absolute Gasteiger partial charge is 0.257 e. The van der Waals surface area contributed by atoms with Crippen LogP contribution in [0.3, 0.4) is 0 Å². The van der Waals surface area contributed by atoms with Gasteiger partial charge in [0, 0.05) is 56.2 Å². The number of nitrogens with zero attached hydrogens (tertiary/aromatic N) is 2. The number of benzene rings is 3. The summed E-state index contributed by atoms with van der Waals surface area (Å²) in [5, 5.41) is 6.56. The van der Waals surface area contributed by atoms with Gasteiger partial charge in [-0.25, -0.2) is 4.39 Å². The van der Waals surface area contributed by atoms with Crippen molar-refractivity contribution in [1.82, 2.24) is 10.6 Å². The van der Waals surface area contributed by atoms with E-state index in [9.17, 15) is 9.18 Å². The average molecular weight is 541 g/mol. The molecule has 7 heteroatoms. The number of carbonyl (C=O) groups is 1. The Morgan fingerprint density at radius 3 is 2.67 bits per heavy atom. The van der Waals surface area contributed by atoms with Crippen LogP contribution in [0.15, 0.2) is 59.6 Å². The molecular formula is C33H37FN4O2. The van der Waals surface area contributed by atoms with E-state index in [1.807, 2.05) is 19.1 Å². The highest BCUT2D eigenvalue weighted by Gasteiger charge is 2.24. The Morgan fingerprint density at radius 2 is 1.88 bits per heavy atom. The SMILES string of the molecule is Cc1cc(F)cc(Cc2ccc3c(c2)C(NC(=O)c2ccc(N4CCNCC4)cc2CC2CCOCC2)=NC3)c1. The largest absolute Gasteiger partial charge is 0.381 e. The van der Waals surface area contributed by atoms with Crippen LogP contribution in [0, 0.1) is 18.7 Å². The third-order valence-electron chi connectivity index (χ3n) is 8.24. The van der Waals surface area contributed by atoms with Crippen LogP contribution in [0.2, 0.25) is 0 Å². The Bertz CT molecular complexity index is 1400. The van der Waals surface area contributed by atoms with Gasteiger partial charge in [-0.15, -0.1) is 0 Å². The Kier molecular flexibility index (Phi) is 7.93. The number of hydrogen-bond acceptors (Lipinski definition) is 5. The van der Waals surface area contributed by atoms with Crippen LogP contribution in [0.25, 0.3) is 0 Å². The summed E-state index contributed by atoms with van der Waals surface area (Å²) in [6, 6.07) is 17.6. The van der Waals surface area contributed by atoms with E-state index in [2.05, 4.69) is 50.9 Å². The second-order valence-electron chi connectivity index (χ2n) is 11.3. The van der Waals surface area contributed by atoms with Crippen LogP contribution in [-0.2, 0) is 24.1 Å². The molecule has 2 fully saturated rings. The Morgan fingerprint density at radius 1 is 1.05 bits per heavy atom. The van der Waals surface area contributed by atoms with Gasteiger partial charge in [-0.05, 0) is 103 Å². The minimum absolute atomic E-state index is 0.119. The lowest BCUT2D eigenvalue weighted by Gasteiger charge is -2.30. The quantitative estimate of drug-likeness (QED) is 0.472. The Hall–Kier alpha value is -3.55. The van der Waals surface area contributed by atoms with E-state index in [0.717, 1.165) is 92.0 Å². The molecule has 2 saturated heterocycles. The molecule has 6 rings (SSSR count). The molecule has 3 aliphatic heterocycles. The van der Waals surface area contributed by atoms with Gasteiger partial charge in [0.05, 0.1) is 6.54 Å². The molecule has 208 valence electrons. The number of aliphatic imine (C=N–C) groups is 1. The van der Waals surface area contributed by atoms with Crippen molar-refractivity contribution in [3.8, 4) is 0 Å². The molecule has 0 unspecified atom stereocenters. The number of piperazine rings is 1. The number of carbonyl (C=O) groups excluding carboxylic acids is 1. The van der Waals surface area contributed by atoms with Crippen molar-refractivity contribution in [1.29, 1.82) is 0 Å². The summed E-state index contributed by atoms with van der Waals surface area (Å²) in [6.07, 6.45) is 3.53. The summed E-state index contributed by atoms with van der Waals surface area (Å²) >= 11 is 0. The van der Waals surface area contributed by atoms with Crippen LogP contribution < -0.4 is 15.5 Å². The van der Waals surface area contributed by atoms with E-state index < -0.39 is 0 Å². The zero-order valence-corrected chi connectivity index (χ0v) is 23.1. The molecule has 3 heterocycles. The van der Waals surface area contributed by atoms with Crippen LogP contribution in [-0.4, -0.2) is 51.1 Å². The van der Waals surface area contributed by atoms with Gasteiger partial charge in [0.1, 0.15) is 11.7 Å². The van der Waals surface area contributed by atoms with Gasteiger partial charge in [0.15, 0.2) is 0 Å². The number of halogens is 1. The maximum absolute atomic E-state index is 14.0.